The molecule has 2 unspecified atom stereocenters. The van der Waals surface area contributed by atoms with Gasteiger partial charge in [-0.2, -0.15) is 0 Å². The molecule has 2 aromatic carbocycles. The normalized spacial score (nSPS) is 22.3. The fourth-order valence-electron chi connectivity index (χ4n) is 3.70. The van der Waals surface area contributed by atoms with Gasteiger partial charge < -0.3 is 15.0 Å². The van der Waals surface area contributed by atoms with E-state index in [2.05, 4.69) is 24.2 Å². The molecule has 2 aromatic rings. The number of para-hydroxylation sites is 3. The summed E-state index contributed by atoms with van der Waals surface area (Å²) in [7, 11) is 2.08. The molecule has 6 heteroatoms. The Bertz CT molecular complexity index is 882. The standard InChI is InChI=1S/C21H23N3O3/c1-14-13-15(11-12-23(14)2)27-21(26)24-18-9-5-3-7-16(18)20(25)22-17-8-4-6-10-19(17)24/h3-10,14-15H,11-13H2,1-2H3,(H,22,25). The van der Waals surface area contributed by atoms with Crippen LogP contribution >= 0.6 is 0 Å². The van der Waals surface area contributed by atoms with E-state index in [1.54, 1.807) is 24.3 Å². The number of piperidine rings is 1. The molecular formula is C21H23N3O3. The molecule has 27 heavy (non-hydrogen) atoms. The van der Waals surface area contributed by atoms with Gasteiger partial charge in [0.15, 0.2) is 0 Å². The number of fused-ring (bicyclic) bond motifs is 2. The molecule has 1 fully saturated rings. The van der Waals surface area contributed by atoms with Gasteiger partial charge in [-0.3, -0.25) is 4.79 Å². The average Bonchev–Trinajstić information content (AvgIpc) is 2.79. The Kier molecular flexibility index (Phi) is 4.58. The van der Waals surface area contributed by atoms with E-state index in [0.717, 1.165) is 19.4 Å². The van der Waals surface area contributed by atoms with Gasteiger partial charge in [-0.25, -0.2) is 9.69 Å². The molecule has 2 amide bonds. The maximum atomic E-state index is 13.2. The van der Waals surface area contributed by atoms with Crippen molar-refractivity contribution in [2.45, 2.75) is 31.9 Å². The number of nitrogens with one attached hydrogen (secondary N) is 1. The SMILES string of the molecule is CC1CC(OC(=O)N2c3ccccc3NC(=O)c3ccccc32)CCN1C. The van der Waals surface area contributed by atoms with Gasteiger partial charge in [0.2, 0.25) is 0 Å². The fourth-order valence-corrected chi connectivity index (χ4v) is 3.70. The van der Waals surface area contributed by atoms with Crippen molar-refractivity contribution in [2.24, 2.45) is 0 Å². The molecule has 4 rings (SSSR count). The molecular weight excluding hydrogens is 342 g/mol. The molecule has 0 aromatic heterocycles. The number of nitrogens with zero attached hydrogens (tertiary/aromatic N) is 2. The van der Waals surface area contributed by atoms with Crippen LogP contribution in [0.25, 0.3) is 0 Å². The first-order valence-corrected chi connectivity index (χ1v) is 9.25. The second-order valence-electron chi connectivity index (χ2n) is 7.18. The smallest absolute Gasteiger partial charge is 0.419 e. The largest absolute Gasteiger partial charge is 0.445 e. The summed E-state index contributed by atoms with van der Waals surface area (Å²) in [6.07, 6.45) is 1.03. The highest BCUT2D eigenvalue weighted by atomic mass is 16.6. The summed E-state index contributed by atoms with van der Waals surface area (Å²) >= 11 is 0. The molecule has 0 aliphatic carbocycles. The number of ether oxygens (including phenoxy) is 1. The topological polar surface area (TPSA) is 61.9 Å². The van der Waals surface area contributed by atoms with Crippen molar-refractivity contribution in [1.29, 1.82) is 0 Å². The Morgan fingerprint density at radius 3 is 2.59 bits per heavy atom. The van der Waals surface area contributed by atoms with Crippen LogP contribution in [0.1, 0.15) is 30.1 Å². The van der Waals surface area contributed by atoms with Crippen LogP contribution in [0, 0.1) is 0 Å². The Balaban J connectivity index is 1.70. The molecule has 0 saturated carbocycles. The predicted molar refractivity (Wildman–Crippen MR) is 105 cm³/mol. The summed E-state index contributed by atoms with van der Waals surface area (Å²) in [6, 6.07) is 14.7. The molecule has 2 aliphatic rings. The lowest BCUT2D eigenvalue weighted by atomic mass is 10.0. The van der Waals surface area contributed by atoms with E-state index < -0.39 is 6.09 Å². The maximum absolute atomic E-state index is 13.2. The van der Waals surface area contributed by atoms with Crippen LogP contribution in [0.3, 0.4) is 0 Å². The van der Waals surface area contributed by atoms with Crippen molar-refractivity contribution in [2.75, 3.05) is 23.8 Å². The van der Waals surface area contributed by atoms with Crippen molar-refractivity contribution in [3.63, 3.8) is 0 Å². The number of carbonyl (C=O) groups is 2. The zero-order chi connectivity index (χ0) is 19.0. The fraction of sp³-hybridized carbons (Fsp3) is 0.333. The number of amides is 2. The minimum Gasteiger partial charge on any atom is -0.445 e. The summed E-state index contributed by atoms with van der Waals surface area (Å²) in [6.45, 7) is 3.03. The van der Waals surface area contributed by atoms with Crippen molar-refractivity contribution < 1.29 is 14.3 Å². The highest BCUT2D eigenvalue weighted by Gasteiger charge is 2.33. The molecule has 0 radical (unpaired) electrons. The summed E-state index contributed by atoms with van der Waals surface area (Å²) in [4.78, 5) is 29.6. The first kappa shape index (κ1) is 17.5. The van der Waals surface area contributed by atoms with Gasteiger partial charge in [-0.05, 0) is 51.1 Å². The highest BCUT2D eigenvalue weighted by Crippen LogP contribution is 2.38. The van der Waals surface area contributed by atoms with E-state index in [4.69, 9.17) is 4.74 Å². The predicted octanol–water partition coefficient (Wildman–Crippen LogP) is 4.01. The maximum Gasteiger partial charge on any atom is 0.419 e. The summed E-state index contributed by atoms with van der Waals surface area (Å²) in [5.41, 5.74) is 2.18. The molecule has 0 bridgehead atoms. The van der Waals surface area contributed by atoms with Gasteiger partial charge in [0.1, 0.15) is 6.10 Å². The van der Waals surface area contributed by atoms with Crippen molar-refractivity contribution in [3.05, 3.63) is 54.1 Å². The minimum absolute atomic E-state index is 0.130. The number of hydrogen-bond acceptors (Lipinski definition) is 4. The Morgan fingerprint density at radius 2 is 1.81 bits per heavy atom. The first-order valence-electron chi connectivity index (χ1n) is 9.25. The molecule has 2 heterocycles. The molecule has 6 nitrogen and oxygen atoms in total. The van der Waals surface area contributed by atoms with E-state index in [1.807, 2.05) is 24.3 Å². The Labute approximate surface area is 158 Å². The lowest BCUT2D eigenvalue weighted by Crippen LogP contribution is -2.43. The van der Waals surface area contributed by atoms with E-state index >= 15 is 0 Å². The van der Waals surface area contributed by atoms with Crippen LogP contribution < -0.4 is 10.2 Å². The van der Waals surface area contributed by atoms with Gasteiger partial charge in [0, 0.05) is 12.6 Å². The Morgan fingerprint density at radius 1 is 1.11 bits per heavy atom. The quantitative estimate of drug-likeness (QED) is 0.829. The molecule has 0 spiro atoms. The first-order chi connectivity index (χ1) is 13.0. The summed E-state index contributed by atoms with van der Waals surface area (Å²) in [5, 5.41) is 2.88. The van der Waals surface area contributed by atoms with Crippen LogP contribution in [-0.4, -0.2) is 42.6 Å². The summed E-state index contributed by atoms with van der Waals surface area (Å²) in [5.74, 6) is -0.235. The van der Waals surface area contributed by atoms with Crippen LogP contribution in [0.4, 0.5) is 21.9 Å². The third-order valence-electron chi connectivity index (χ3n) is 5.39. The lowest BCUT2D eigenvalue weighted by Gasteiger charge is -2.35. The minimum atomic E-state index is -0.451. The van der Waals surface area contributed by atoms with Crippen molar-refractivity contribution in [3.8, 4) is 0 Å². The van der Waals surface area contributed by atoms with Gasteiger partial charge in [0.25, 0.3) is 5.91 Å². The highest BCUT2D eigenvalue weighted by molar-refractivity contribution is 6.16. The van der Waals surface area contributed by atoms with Crippen LogP contribution in [0.5, 0.6) is 0 Å². The number of anilines is 3. The Hall–Kier alpha value is -2.86. The molecule has 2 atom stereocenters. The molecule has 140 valence electrons. The molecule has 1 saturated heterocycles. The second-order valence-corrected chi connectivity index (χ2v) is 7.18. The van der Waals surface area contributed by atoms with Crippen LogP contribution in [-0.2, 0) is 4.74 Å². The van der Waals surface area contributed by atoms with Gasteiger partial charge in [-0.1, -0.05) is 24.3 Å². The van der Waals surface area contributed by atoms with Crippen LogP contribution in [0.2, 0.25) is 0 Å². The number of rotatable bonds is 1. The van der Waals surface area contributed by atoms with Crippen molar-refractivity contribution >= 4 is 29.1 Å². The van der Waals surface area contributed by atoms with E-state index in [9.17, 15) is 9.59 Å². The van der Waals surface area contributed by atoms with Gasteiger partial charge >= 0.3 is 6.09 Å². The zero-order valence-corrected chi connectivity index (χ0v) is 15.5. The third-order valence-corrected chi connectivity index (χ3v) is 5.39. The van der Waals surface area contributed by atoms with Crippen molar-refractivity contribution in [1.82, 2.24) is 4.90 Å². The zero-order valence-electron chi connectivity index (χ0n) is 15.5. The van der Waals surface area contributed by atoms with E-state index in [0.29, 0.717) is 28.7 Å². The third kappa shape index (κ3) is 3.28. The monoisotopic (exact) mass is 365 g/mol. The van der Waals surface area contributed by atoms with E-state index in [1.165, 1.54) is 4.90 Å². The van der Waals surface area contributed by atoms with E-state index in [-0.39, 0.29) is 12.0 Å². The number of carbonyl (C=O) groups excluding carboxylic acids is 2. The average molecular weight is 365 g/mol. The number of benzene rings is 2. The molecule has 2 aliphatic heterocycles. The molecule has 1 N–H and O–H groups in total. The summed E-state index contributed by atoms with van der Waals surface area (Å²) < 4.78 is 5.88. The van der Waals surface area contributed by atoms with Crippen LogP contribution in [0.15, 0.2) is 48.5 Å². The lowest BCUT2D eigenvalue weighted by molar-refractivity contribution is 0.0417. The number of hydrogen-bond donors (Lipinski definition) is 1. The van der Waals surface area contributed by atoms with Gasteiger partial charge in [-0.15, -0.1) is 0 Å². The van der Waals surface area contributed by atoms with Gasteiger partial charge in [0.05, 0.1) is 22.6 Å². The second kappa shape index (κ2) is 7.04. The number of likely N-dealkylation sites (tertiary alicyclic amines) is 1.